The highest BCUT2D eigenvalue weighted by Gasteiger charge is 2.41. The third kappa shape index (κ3) is 2.62. The molecule has 1 amide bonds. The molecule has 4 nitrogen and oxygen atoms in total. The van der Waals surface area contributed by atoms with Crippen molar-refractivity contribution in [2.45, 2.75) is 32.8 Å². The zero-order valence-electron chi connectivity index (χ0n) is 9.99. The van der Waals surface area contributed by atoms with Crippen molar-refractivity contribution in [3.05, 3.63) is 0 Å². The highest BCUT2D eigenvalue weighted by molar-refractivity contribution is 5.67. The van der Waals surface area contributed by atoms with Crippen LogP contribution in [-0.2, 0) is 4.74 Å². The molecule has 2 unspecified atom stereocenters. The van der Waals surface area contributed by atoms with Crippen LogP contribution in [0.4, 0.5) is 4.79 Å². The van der Waals surface area contributed by atoms with Crippen LogP contribution in [-0.4, -0.2) is 41.9 Å². The molecule has 0 bridgehead atoms. The first-order chi connectivity index (χ1) is 6.88. The summed E-state index contributed by atoms with van der Waals surface area (Å²) in [5.41, 5.74) is -0.805. The summed E-state index contributed by atoms with van der Waals surface area (Å²) in [6.45, 7) is 7.04. The number of hydrogen-bond acceptors (Lipinski definition) is 3. The fourth-order valence-corrected chi connectivity index (χ4v) is 2.52. The van der Waals surface area contributed by atoms with Crippen LogP contribution >= 0.6 is 0 Å². The summed E-state index contributed by atoms with van der Waals surface area (Å²) in [4.78, 5) is 12.9. The number of rotatable bonds is 1. The third-order valence-electron chi connectivity index (χ3n) is 3.26. The van der Waals surface area contributed by atoms with Gasteiger partial charge in [-0.3, -0.25) is 0 Å². The van der Waals surface area contributed by atoms with Gasteiger partial charge in [0, 0.05) is 6.54 Å². The molecule has 4 heteroatoms. The molecule has 1 fully saturated rings. The van der Waals surface area contributed by atoms with E-state index in [0.29, 0.717) is 19.0 Å². The average Bonchev–Trinajstić information content (AvgIpc) is 2.14. The number of carbonyl (C=O) groups is 1. The van der Waals surface area contributed by atoms with Gasteiger partial charge in [0.05, 0.1) is 19.3 Å². The Hall–Kier alpha value is -0.770. The smallest absolute Gasteiger partial charge is 0.409 e. The van der Waals surface area contributed by atoms with Gasteiger partial charge in [-0.2, -0.15) is 0 Å². The number of piperidine rings is 1. The van der Waals surface area contributed by atoms with Gasteiger partial charge in [-0.15, -0.1) is 0 Å². The molecule has 0 aromatic carbocycles. The Bertz CT molecular complexity index is 238. The van der Waals surface area contributed by atoms with Crippen molar-refractivity contribution in [3.63, 3.8) is 0 Å². The topological polar surface area (TPSA) is 49.8 Å². The number of nitrogens with zero attached hydrogens (tertiary/aromatic N) is 1. The lowest BCUT2D eigenvalue weighted by Gasteiger charge is -2.44. The molecule has 1 rings (SSSR count). The van der Waals surface area contributed by atoms with Crippen LogP contribution < -0.4 is 0 Å². The zero-order valence-corrected chi connectivity index (χ0v) is 9.99. The molecule has 2 atom stereocenters. The number of amides is 1. The fourth-order valence-electron chi connectivity index (χ4n) is 2.52. The lowest BCUT2D eigenvalue weighted by atomic mass is 9.76. The third-order valence-corrected chi connectivity index (χ3v) is 3.26. The molecule has 0 aromatic heterocycles. The largest absolute Gasteiger partial charge is 0.453 e. The predicted octanol–water partition coefficient (Wildman–Crippen LogP) is 1.48. The lowest BCUT2D eigenvalue weighted by Crippen LogP contribution is -2.55. The van der Waals surface area contributed by atoms with Crippen LogP contribution in [0.1, 0.15) is 27.2 Å². The molecule has 1 aliphatic rings. The number of hydrogen-bond donors (Lipinski definition) is 1. The van der Waals surface area contributed by atoms with Crippen LogP contribution in [0.15, 0.2) is 0 Å². The molecule has 0 radical (unpaired) electrons. The number of aliphatic hydroxyl groups is 1. The van der Waals surface area contributed by atoms with Gasteiger partial charge < -0.3 is 14.7 Å². The van der Waals surface area contributed by atoms with Crippen LogP contribution in [0, 0.1) is 11.8 Å². The van der Waals surface area contributed by atoms with E-state index in [0.717, 1.165) is 6.42 Å². The first-order valence-corrected chi connectivity index (χ1v) is 5.43. The van der Waals surface area contributed by atoms with E-state index in [9.17, 15) is 9.90 Å². The Morgan fingerprint density at radius 3 is 2.60 bits per heavy atom. The number of β-amino-alcohol motifs (C(OH)–C–C–N with tert-alkyl or cyclic N) is 1. The van der Waals surface area contributed by atoms with Crippen molar-refractivity contribution in [1.29, 1.82) is 0 Å². The van der Waals surface area contributed by atoms with Crippen molar-refractivity contribution in [3.8, 4) is 0 Å². The first kappa shape index (κ1) is 12.3. The number of likely N-dealkylation sites (tertiary alicyclic amines) is 1. The summed E-state index contributed by atoms with van der Waals surface area (Å²) in [5.74, 6) is 0.679. The van der Waals surface area contributed by atoms with E-state index >= 15 is 0 Å². The number of ether oxygens (including phenoxy) is 1. The van der Waals surface area contributed by atoms with Gasteiger partial charge in [0.1, 0.15) is 0 Å². The number of methoxy groups -OCH3 is 1. The second-order valence-corrected chi connectivity index (χ2v) is 4.89. The van der Waals surface area contributed by atoms with E-state index in [4.69, 9.17) is 0 Å². The second-order valence-electron chi connectivity index (χ2n) is 4.89. The van der Waals surface area contributed by atoms with E-state index in [1.165, 1.54) is 7.11 Å². The maximum absolute atomic E-state index is 11.3. The van der Waals surface area contributed by atoms with E-state index < -0.39 is 5.60 Å². The zero-order chi connectivity index (χ0) is 11.6. The normalized spacial score (nSPS) is 31.9. The maximum Gasteiger partial charge on any atom is 0.409 e. The summed E-state index contributed by atoms with van der Waals surface area (Å²) >= 11 is 0. The Morgan fingerprint density at radius 2 is 2.20 bits per heavy atom. The SMILES string of the molecule is COC(=O)N1CCC(C(C)C)C(C)(O)C1. The van der Waals surface area contributed by atoms with Gasteiger partial charge in [0.15, 0.2) is 0 Å². The summed E-state index contributed by atoms with van der Waals surface area (Å²) < 4.78 is 4.65. The highest BCUT2D eigenvalue weighted by atomic mass is 16.5. The van der Waals surface area contributed by atoms with Crippen molar-refractivity contribution in [1.82, 2.24) is 4.90 Å². The summed E-state index contributed by atoms with van der Waals surface area (Å²) in [6, 6.07) is 0. The van der Waals surface area contributed by atoms with Crippen molar-refractivity contribution in [2.75, 3.05) is 20.2 Å². The van der Waals surface area contributed by atoms with Gasteiger partial charge >= 0.3 is 6.09 Å². The van der Waals surface area contributed by atoms with E-state index in [1.807, 2.05) is 0 Å². The minimum Gasteiger partial charge on any atom is -0.453 e. The van der Waals surface area contributed by atoms with Crippen LogP contribution in [0.25, 0.3) is 0 Å². The molecular weight excluding hydrogens is 194 g/mol. The van der Waals surface area contributed by atoms with E-state index in [1.54, 1.807) is 11.8 Å². The first-order valence-electron chi connectivity index (χ1n) is 5.43. The summed E-state index contributed by atoms with van der Waals surface area (Å²) in [6.07, 6.45) is 0.484. The molecule has 1 saturated heterocycles. The maximum atomic E-state index is 11.3. The fraction of sp³-hybridized carbons (Fsp3) is 0.909. The monoisotopic (exact) mass is 215 g/mol. The Labute approximate surface area is 91.2 Å². The number of carbonyl (C=O) groups excluding carboxylic acids is 1. The molecule has 0 saturated carbocycles. The minimum absolute atomic E-state index is 0.249. The van der Waals surface area contributed by atoms with Crippen molar-refractivity contribution in [2.24, 2.45) is 11.8 Å². The molecule has 1 aliphatic heterocycles. The van der Waals surface area contributed by atoms with Gasteiger partial charge in [-0.1, -0.05) is 13.8 Å². The van der Waals surface area contributed by atoms with E-state index in [2.05, 4.69) is 18.6 Å². The van der Waals surface area contributed by atoms with Crippen LogP contribution in [0.2, 0.25) is 0 Å². The van der Waals surface area contributed by atoms with E-state index in [-0.39, 0.29) is 12.0 Å². The molecule has 0 aliphatic carbocycles. The molecule has 1 heterocycles. The van der Waals surface area contributed by atoms with Crippen molar-refractivity contribution >= 4 is 6.09 Å². The second kappa shape index (κ2) is 4.39. The standard InChI is InChI=1S/C11H21NO3/c1-8(2)9-5-6-12(10(13)15-4)7-11(9,3)14/h8-9,14H,5-7H2,1-4H3. The Balaban J connectivity index is 2.68. The molecule has 0 aromatic rings. The quantitative estimate of drug-likeness (QED) is 0.720. The minimum atomic E-state index is -0.805. The Morgan fingerprint density at radius 1 is 1.60 bits per heavy atom. The van der Waals surface area contributed by atoms with Gasteiger partial charge in [-0.05, 0) is 25.2 Å². The highest BCUT2D eigenvalue weighted by Crippen LogP contribution is 2.33. The van der Waals surface area contributed by atoms with Crippen LogP contribution in [0.3, 0.4) is 0 Å². The summed E-state index contributed by atoms with van der Waals surface area (Å²) in [5, 5.41) is 10.3. The molecule has 1 N–H and O–H groups in total. The Kier molecular flexibility index (Phi) is 3.60. The predicted molar refractivity (Wildman–Crippen MR) is 57.5 cm³/mol. The van der Waals surface area contributed by atoms with Crippen LogP contribution in [0.5, 0.6) is 0 Å². The molecule has 88 valence electrons. The lowest BCUT2D eigenvalue weighted by molar-refractivity contribution is -0.0735. The molecule has 0 spiro atoms. The van der Waals surface area contributed by atoms with Gasteiger partial charge in [-0.25, -0.2) is 4.79 Å². The molecular formula is C11H21NO3. The molecule has 15 heavy (non-hydrogen) atoms. The van der Waals surface area contributed by atoms with Gasteiger partial charge in [0.25, 0.3) is 0 Å². The van der Waals surface area contributed by atoms with Gasteiger partial charge in [0.2, 0.25) is 0 Å². The average molecular weight is 215 g/mol. The van der Waals surface area contributed by atoms with Crippen molar-refractivity contribution < 1.29 is 14.6 Å². The summed E-state index contributed by atoms with van der Waals surface area (Å²) in [7, 11) is 1.37.